The number of amides is 2. The number of likely N-dealkylation sites (tertiary alicyclic amines) is 1. The normalized spacial score (nSPS) is 15.5. The lowest BCUT2D eigenvalue weighted by molar-refractivity contribution is 0.0693. The van der Waals surface area contributed by atoms with Gasteiger partial charge in [0.05, 0.1) is 28.8 Å². The zero-order valence-corrected chi connectivity index (χ0v) is 20.9. The van der Waals surface area contributed by atoms with Crippen LogP contribution >= 0.6 is 0 Å². The Morgan fingerprint density at radius 1 is 1.12 bits per heavy atom. The molecule has 34 heavy (non-hydrogen) atoms. The Morgan fingerprint density at radius 2 is 1.79 bits per heavy atom. The van der Waals surface area contributed by atoms with Crippen molar-refractivity contribution in [3.63, 3.8) is 0 Å². The number of methoxy groups -OCH3 is 1. The molecule has 2 amide bonds. The van der Waals surface area contributed by atoms with E-state index in [9.17, 15) is 18.0 Å². The molecular formula is C25H33N3O5S. The fourth-order valence-corrected chi connectivity index (χ4v) is 4.89. The van der Waals surface area contributed by atoms with E-state index in [4.69, 9.17) is 4.74 Å². The molecule has 2 aromatic carbocycles. The number of hydrogen-bond donors (Lipinski definition) is 2. The lowest BCUT2D eigenvalue weighted by Crippen LogP contribution is -2.38. The average Bonchev–Trinajstić information content (AvgIpc) is 2.83. The molecule has 0 aliphatic carbocycles. The van der Waals surface area contributed by atoms with Gasteiger partial charge < -0.3 is 15.0 Å². The SMILES string of the molecule is CCC(C)NC(=O)c1ccccc1NS(=O)(=O)c1ccc(OC)c(C(=O)N2CCC(C)CC2)c1. The minimum atomic E-state index is -4.08. The van der Waals surface area contributed by atoms with Crippen LogP contribution in [0.3, 0.4) is 0 Å². The van der Waals surface area contributed by atoms with Crippen molar-refractivity contribution in [2.45, 2.75) is 51.0 Å². The number of nitrogens with zero attached hydrogens (tertiary/aromatic N) is 1. The van der Waals surface area contributed by atoms with Gasteiger partial charge in [0.15, 0.2) is 0 Å². The summed E-state index contributed by atoms with van der Waals surface area (Å²) in [6.07, 6.45) is 2.56. The Balaban J connectivity index is 1.90. The van der Waals surface area contributed by atoms with E-state index in [2.05, 4.69) is 17.0 Å². The summed E-state index contributed by atoms with van der Waals surface area (Å²) in [4.78, 5) is 27.5. The maximum atomic E-state index is 13.2. The maximum absolute atomic E-state index is 13.2. The largest absolute Gasteiger partial charge is 0.496 e. The third-order valence-electron chi connectivity index (χ3n) is 6.19. The number of carbonyl (C=O) groups is 2. The number of benzene rings is 2. The topological polar surface area (TPSA) is 105 Å². The Morgan fingerprint density at radius 3 is 2.44 bits per heavy atom. The summed E-state index contributed by atoms with van der Waals surface area (Å²) >= 11 is 0. The summed E-state index contributed by atoms with van der Waals surface area (Å²) < 4.78 is 34.3. The fourth-order valence-electron chi connectivity index (χ4n) is 3.78. The van der Waals surface area contributed by atoms with Crippen LogP contribution in [0.5, 0.6) is 5.75 Å². The minimum Gasteiger partial charge on any atom is -0.496 e. The van der Waals surface area contributed by atoms with E-state index in [1.165, 1.54) is 31.4 Å². The Labute approximate surface area is 201 Å². The second-order valence-electron chi connectivity index (χ2n) is 8.77. The van der Waals surface area contributed by atoms with Gasteiger partial charge in [-0.25, -0.2) is 8.42 Å². The van der Waals surface area contributed by atoms with Crippen LogP contribution in [0.2, 0.25) is 0 Å². The van der Waals surface area contributed by atoms with E-state index in [-0.39, 0.29) is 39.6 Å². The number of sulfonamides is 1. The molecular weight excluding hydrogens is 454 g/mol. The molecule has 1 fully saturated rings. The number of nitrogens with one attached hydrogen (secondary N) is 2. The van der Waals surface area contributed by atoms with E-state index in [1.54, 1.807) is 23.1 Å². The highest BCUT2D eigenvalue weighted by atomic mass is 32.2. The number of piperidine rings is 1. The van der Waals surface area contributed by atoms with Gasteiger partial charge in [0.1, 0.15) is 5.75 Å². The number of rotatable bonds is 8. The van der Waals surface area contributed by atoms with Gasteiger partial charge in [-0.2, -0.15) is 0 Å². The van der Waals surface area contributed by atoms with Crippen molar-refractivity contribution in [1.82, 2.24) is 10.2 Å². The first kappa shape index (κ1) is 25.6. The third kappa shape index (κ3) is 5.88. The van der Waals surface area contributed by atoms with Crippen LogP contribution in [0.15, 0.2) is 47.4 Å². The van der Waals surface area contributed by atoms with Gasteiger partial charge in [0, 0.05) is 19.1 Å². The van der Waals surface area contributed by atoms with Crippen LogP contribution in [0.4, 0.5) is 5.69 Å². The van der Waals surface area contributed by atoms with Crippen LogP contribution in [0.25, 0.3) is 0 Å². The number of para-hydroxylation sites is 1. The first-order valence-electron chi connectivity index (χ1n) is 11.6. The van der Waals surface area contributed by atoms with E-state index in [0.29, 0.717) is 24.8 Å². The molecule has 3 rings (SSSR count). The Bertz CT molecular complexity index is 1140. The molecule has 0 radical (unpaired) electrons. The molecule has 1 aliphatic heterocycles. The quantitative estimate of drug-likeness (QED) is 0.588. The highest BCUT2D eigenvalue weighted by molar-refractivity contribution is 7.92. The van der Waals surface area contributed by atoms with Crippen LogP contribution < -0.4 is 14.8 Å². The smallest absolute Gasteiger partial charge is 0.261 e. The number of carbonyl (C=O) groups excluding carboxylic acids is 2. The van der Waals surface area contributed by atoms with Crippen molar-refractivity contribution >= 4 is 27.5 Å². The van der Waals surface area contributed by atoms with E-state index >= 15 is 0 Å². The molecule has 0 spiro atoms. The van der Waals surface area contributed by atoms with Gasteiger partial charge in [0.2, 0.25) is 0 Å². The molecule has 1 saturated heterocycles. The molecule has 184 valence electrons. The minimum absolute atomic E-state index is 0.0508. The van der Waals surface area contributed by atoms with Crippen molar-refractivity contribution in [2.24, 2.45) is 5.92 Å². The molecule has 8 nitrogen and oxygen atoms in total. The standard InChI is InChI=1S/C25H33N3O5S/c1-5-18(3)26-24(29)20-8-6-7-9-22(20)27-34(31,32)19-10-11-23(33-4)21(16-19)25(30)28-14-12-17(2)13-15-28/h6-11,16-18,27H,5,12-15H2,1-4H3,(H,26,29). The highest BCUT2D eigenvalue weighted by Crippen LogP contribution is 2.28. The first-order valence-corrected chi connectivity index (χ1v) is 13.0. The van der Waals surface area contributed by atoms with Crippen LogP contribution in [0.1, 0.15) is 60.7 Å². The lowest BCUT2D eigenvalue weighted by atomic mass is 9.98. The summed E-state index contributed by atoms with van der Waals surface area (Å²) in [6.45, 7) is 7.23. The van der Waals surface area contributed by atoms with Gasteiger partial charge in [0.25, 0.3) is 21.8 Å². The molecule has 2 aromatic rings. The predicted molar refractivity (Wildman–Crippen MR) is 132 cm³/mol. The molecule has 0 bridgehead atoms. The molecule has 2 N–H and O–H groups in total. The molecule has 1 unspecified atom stereocenters. The second kappa shape index (κ2) is 10.9. The summed E-state index contributed by atoms with van der Waals surface area (Å²) in [5.74, 6) is 0.252. The van der Waals surface area contributed by atoms with Gasteiger partial charge in [-0.05, 0) is 62.4 Å². The second-order valence-corrected chi connectivity index (χ2v) is 10.5. The monoisotopic (exact) mass is 487 g/mol. The zero-order valence-electron chi connectivity index (χ0n) is 20.1. The molecule has 0 saturated carbocycles. The van der Waals surface area contributed by atoms with Crippen molar-refractivity contribution in [1.29, 1.82) is 0 Å². The summed E-state index contributed by atoms with van der Waals surface area (Å²) in [6, 6.07) is 10.6. The van der Waals surface area contributed by atoms with Crippen molar-refractivity contribution in [2.75, 3.05) is 24.9 Å². The average molecular weight is 488 g/mol. The van der Waals surface area contributed by atoms with Gasteiger partial charge in [-0.1, -0.05) is 26.0 Å². The van der Waals surface area contributed by atoms with E-state index in [1.807, 2.05) is 13.8 Å². The third-order valence-corrected chi connectivity index (χ3v) is 7.55. The predicted octanol–water partition coefficient (Wildman–Crippen LogP) is 3.90. The van der Waals surface area contributed by atoms with Crippen LogP contribution in [-0.4, -0.2) is 51.4 Å². The van der Waals surface area contributed by atoms with Crippen LogP contribution in [-0.2, 0) is 10.0 Å². The zero-order chi connectivity index (χ0) is 24.9. The number of hydrogen-bond acceptors (Lipinski definition) is 5. The van der Waals surface area contributed by atoms with Crippen molar-refractivity contribution in [3.05, 3.63) is 53.6 Å². The molecule has 1 aliphatic rings. The molecule has 1 heterocycles. The van der Waals surface area contributed by atoms with E-state index in [0.717, 1.165) is 19.3 Å². The Hall–Kier alpha value is -3.07. The lowest BCUT2D eigenvalue weighted by Gasteiger charge is -2.30. The van der Waals surface area contributed by atoms with Crippen LogP contribution in [0, 0.1) is 5.92 Å². The Kier molecular flexibility index (Phi) is 8.19. The molecule has 9 heteroatoms. The summed E-state index contributed by atoms with van der Waals surface area (Å²) in [5, 5.41) is 2.85. The number of ether oxygens (including phenoxy) is 1. The first-order chi connectivity index (χ1) is 16.2. The molecule has 0 aromatic heterocycles. The van der Waals surface area contributed by atoms with Gasteiger partial charge in [-0.15, -0.1) is 0 Å². The van der Waals surface area contributed by atoms with Crippen molar-refractivity contribution < 1.29 is 22.7 Å². The molecule has 1 atom stereocenters. The fraction of sp³-hybridized carbons (Fsp3) is 0.440. The maximum Gasteiger partial charge on any atom is 0.261 e. The summed E-state index contributed by atoms with van der Waals surface area (Å²) in [7, 11) is -2.63. The highest BCUT2D eigenvalue weighted by Gasteiger charge is 2.26. The number of anilines is 1. The van der Waals surface area contributed by atoms with E-state index < -0.39 is 10.0 Å². The van der Waals surface area contributed by atoms with Gasteiger partial charge >= 0.3 is 0 Å². The van der Waals surface area contributed by atoms with Gasteiger partial charge in [-0.3, -0.25) is 14.3 Å². The summed E-state index contributed by atoms with van der Waals surface area (Å²) in [5.41, 5.74) is 0.582. The van der Waals surface area contributed by atoms with Crippen molar-refractivity contribution in [3.8, 4) is 5.75 Å².